The van der Waals surface area contributed by atoms with E-state index in [1.54, 1.807) is 0 Å². The monoisotopic (exact) mass is 930 g/mol. The third kappa shape index (κ3) is 36.0. The van der Waals surface area contributed by atoms with Gasteiger partial charge in [0, 0.05) is 6.42 Å². The summed E-state index contributed by atoms with van der Waals surface area (Å²) >= 11 is 0. The topological polar surface area (TPSA) is 149 Å². The summed E-state index contributed by atoms with van der Waals surface area (Å²) in [6.45, 7) is 3.71. The van der Waals surface area contributed by atoms with Crippen LogP contribution in [0.4, 0.5) is 0 Å². The maximum Gasteiger partial charge on any atom is 0.220 e. The van der Waals surface area contributed by atoms with Crippen molar-refractivity contribution >= 4 is 5.91 Å². The van der Waals surface area contributed by atoms with Crippen molar-refractivity contribution in [3.63, 3.8) is 0 Å². The van der Waals surface area contributed by atoms with Crippen LogP contribution in [0.1, 0.15) is 239 Å². The third-order valence-electron chi connectivity index (χ3n) is 12.9. The Morgan fingerprint density at radius 2 is 0.939 bits per heavy atom. The van der Waals surface area contributed by atoms with Crippen LogP contribution in [0.3, 0.4) is 0 Å². The zero-order chi connectivity index (χ0) is 48.0. The number of carbonyl (C=O) groups excluding carboxylic acids is 1. The molecule has 1 aliphatic heterocycles. The van der Waals surface area contributed by atoms with Crippen molar-refractivity contribution in [3.8, 4) is 0 Å². The lowest BCUT2D eigenvalue weighted by Crippen LogP contribution is -2.60. The molecular formula is C57H103NO8. The van der Waals surface area contributed by atoms with E-state index in [-0.39, 0.29) is 12.5 Å². The molecule has 1 amide bonds. The Bertz CT molecular complexity index is 1220. The molecule has 9 heteroatoms. The van der Waals surface area contributed by atoms with E-state index >= 15 is 0 Å². The van der Waals surface area contributed by atoms with E-state index in [0.29, 0.717) is 12.8 Å². The van der Waals surface area contributed by atoms with Gasteiger partial charge in [-0.05, 0) is 57.8 Å². The third-order valence-corrected chi connectivity index (χ3v) is 12.9. The normalized spacial score (nSPS) is 20.3. The van der Waals surface area contributed by atoms with E-state index in [1.165, 1.54) is 141 Å². The van der Waals surface area contributed by atoms with Gasteiger partial charge < -0.3 is 40.3 Å². The molecule has 0 aromatic carbocycles. The summed E-state index contributed by atoms with van der Waals surface area (Å²) in [4.78, 5) is 13.0. The van der Waals surface area contributed by atoms with Gasteiger partial charge in [-0.15, -0.1) is 0 Å². The summed E-state index contributed by atoms with van der Waals surface area (Å²) in [5, 5.41) is 54.4. The first-order valence-electron chi connectivity index (χ1n) is 27.5. The minimum atomic E-state index is -1.55. The molecular weight excluding hydrogens is 827 g/mol. The summed E-state index contributed by atoms with van der Waals surface area (Å²) in [6, 6.07) is -0.718. The molecule has 7 unspecified atom stereocenters. The predicted molar refractivity (Wildman–Crippen MR) is 276 cm³/mol. The van der Waals surface area contributed by atoms with Crippen LogP contribution >= 0.6 is 0 Å². The van der Waals surface area contributed by atoms with Gasteiger partial charge >= 0.3 is 0 Å². The van der Waals surface area contributed by atoms with Gasteiger partial charge in [0.1, 0.15) is 24.4 Å². The van der Waals surface area contributed by atoms with Crippen molar-refractivity contribution in [2.75, 3.05) is 13.2 Å². The number of rotatable bonds is 46. The highest BCUT2D eigenvalue weighted by atomic mass is 16.7. The van der Waals surface area contributed by atoms with Crippen molar-refractivity contribution in [3.05, 3.63) is 60.8 Å². The lowest BCUT2D eigenvalue weighted by Gasteiger charge is -2.40. The first kappa shape index (κ1) is 61.9. The van der Waals surface area contributed by atoms with Crippen LogP contribution in [0.25, 0.3) is 0 Å². The Morgan fingerprint density at radius 1 is 0.530 bits per heavy atom. The Balaban J connectivity index is 2.09. The number of aliphatic hydroxyl groups is 5. The van der Waals surface area contributed by atoms with Crippen molar-refractivity contribution in [2.24, 2.45) is 0 Å². The number of aliphatic hydroxyl groups excluding tert-OH is 5. The summed E-state index contributed by atoms with van der Waals surface area (Å²) in [5.74, 6) is -0.146. The molecule has 0 aromatic heterocycles. The van der Waals surface area contributed by atoms with Gasteiger partial charge in [-0.25, -0.2) is 0 Å². The number of carbonyl (C=O) groups is 1. The summed E-state index contributed by atoms with van der Waals surface area (Å²) in [5.41, 5.74) is 0. The van der Waals surface area contributed by atoms with E-state index in [0.717, 1.165) is 70.6 Å². The molecule has 1 saturated heterocycles. The molecule has 0 aromatic rings. The van der Waals surface area contributed by atoms with Crippen LogP contribution in [-0.4, -0.2) is 87.5 Å². The Labute approximate surface area is 405 Å². The van der Waals surface area contributed by atoms with Crippen LogP contribution in [0.2, 0.25) is 0 Å². The van der Waals surface area contributed by atoms with Crippen LogP contribution in [-0.2, 0) is 14.3 Å². The Hall–Kier alpha value is -2.11. The molecule has 66 heavy (non-hydrogen) atoms. The first-order valence-corrected chi connectivity index (χ1v) is 27.5. The second kappa shape index (κ2) is 46.6. The maximum absolute atomic E-state index is 13.0. The Kier molecular flexibility index (Phi) is 43.7. The van der Waals surface area contributed by atoms with Crippen LogP contribution in [0.5, 0.6) is 0 Å². The minimum Gasteiger partial charge on any atom is -0.394 e. The highest BCUT2D eigenvalue weighted by Gasteiger charge is 2.44. The van der Waals surface area contributed by atoms with Gasteiger partial charge in [-0.3, -0.25) is 4.79 Å². The molecule has 0 bridgehead atoms. The molecule has 1 heterocycles. The number of ether oxygens (including phenoxy) is 2. The standard InChI is InChI=1S/C57H103NO8/c1-3-5-7-9-11-13-15-16-17-18-19-20-21-22-23-24-25-26-27-28-29-30-31-32-33-34-35-36-37-39-41-43-45-47-53(61)58-50(49-65-57-56(64)55(63)54(62)52(48-59)66-57)51(60)46-44-42-40-38-14-12-10-8-6-4-2/h5,7,11,13,16-17,19-20,22-23,50-52,54-57,59-60,62-64H,3-4,6,8-10,12,14-15,18,21,24-49H2,1-2H3,(H,58,61)/b7-5-,13-11-,17-16-,20-19-,23-22-. The van der Waals surface area contributed by atoms with Gasteiger partial charge in [0.2, 0.25) is 5.91 Å². The van der Waals surface area contributed by atoms with Crippen molar-refractivity contribution < 1.29 is 39.8 Å². The SMILES string of the molecule is CC/C=C\C/C=C\C/C=C\C/C=C\C/C=C\CCCCCCCCCCCCCCCCCCCC(=O)NC(COC1OC(CO)C(O)C(O)C1O)C(O)CCCCCCCCCCCC. The van der Waals surface area contributed by atoms with Gasteiger partial charge in [0.15, 0.2) is 6.29 Å². The summed E-state index contributed by atoms with van der Waals surface area (Å²) in [6.07, 6.45) is 55.5. The van der Waals surface area contributed by atoms with Crippen LogP contribution in [0, 0.1) is 0 Å². The summed E-state index contributed by atoms with van der Waals surface area (Å²) in [7, 11) is 0. The number of allylic oxidation sites excluding steroid dienone is 10. The number of nitrogens with one attached hydrogen (secondary N) is 1. The van der Waals surface area contributed by atoms with E-state index in [4.69, 9.17) is 9.47 Å². The highest BCUT2D eigenvalue weighted by Crippen LogP contribution is 2.23. The molecule has 0 aliphatic carbocycles. The molecule has 6 N–H and O–H groups in total. The fourth-order valence-corrected chi connectivity index (χ4v) is 8.54. The highest BCUT2D eigenvalue weighted by molar-refractivity contribution is 5.76. The fourth-order valence-electron chi connectivity index (χ4n) is 8.54. The lowest BCUT2D eigenvalue weighted by molar-refractivity contribution is -0.302. The maximum atomic E-state index is 13.0. The second-order valence-corrected chi connectivity index (χ2v) is 19.0. The quantitative estimate of drug-likeness (QED) is 0.0261. The van der Waals surface area contributed by atoms with Crippen molar-refractivity contribution in [1.29, 1.82) is 0 Å². The molecule has 9 nitrogen and oxygen atoms in total. The average Bonchev–Trinajstić information content (AvgIpc) is 3.32. The van der Waals surface area contributed by atoms with Crippen LogP contribution in [0.15, 0.2) is 60.8 Å². The molecule has 1 fully saturated rings. The Morgan fingerprint density at radius 3 is 1.39 bits per heavy atom. The molecule has 0 spiro atoms. The van der Waals surface area contributed by atoms with Gasteiger partial charge in [0.25, 0.3) is 0 Å². The van der Waals surface area contributed by atoms with E-state index < -0.39 is 49.5 Å². The minimum absolute atomic E-state index is 0.138. The second-order valence-electron chi connectivity index (χ2n) is 19.0. The predicted octanol–water partition coefficient (Wildman–Crippen LogP) is 13.1. The number of hydrogen-bond acceptors (Lipinski definition) is 8. The number of unbranched alkanes of at least 4 members (excludes halogenated alkanes) is 26. The largest absolute Gasteiger partial charge is 0.394 e. The van der Waals surface area contributed by atoms with Gasteiger partial charge in [-0.1, -0.05) is 235 Å². The number of hydrogen-bond donors (Lipinski definition) is 6. The summed E-state index contributed by atoms with van der Waals surface area (Å²) < 4.78 is 11.3. The molecule has 0 saturated carbocycles. The molecule has 1 rings (SSSR count). The smallest absolute Gasteiger partial charge is 0.220 e. The van der Waals surface area contributed by atoms with Crippen LogP contribution < -0.4 is 5.32 Å². The van der Waals surface area contributed by atoms with E-state index in [1.807, 2.05) is 0 Å². The molecule has 0 radical (unpaired) electrons. The van der Waals surface area contributed by atoms with E-state index in [2.05, 4.69) is 79.9 Å². The lowest BCUT2D eigenvalue weighted by atomic mass is 9.99. The number of amides is 1. The molecule has 1 aliphatic rings. The zero-order valence-corrected chi connectivity index (χ0v) is 42.4. The molecule has 384 valence electrons. The molecule has 7 atom stereocenters. The van der Waals surface area contributed by atoms with Crippen molar-refractivity contribution in [1.82, 2.24) is 5.32 Å². The fraction of sp³-hybridized carbons (Fsp3) is 0.807. The first-order chi connectivity index (χ1) is 32.3. The van der Waals surface area contributed by atoms with E-state index in [9.17, 15) is 30.3 Å². The zero-order valence-electron chi connectivity index (χ0n) is 42.4. The van der Waals surface area contributed by atoms with Gasteiger partial charge in [0.05, 0.1) is 25.4 Å². The average molecular weight is 930 g/mol. The van der Waals surface area contributed by atoms with Gasteiger partial charge in [-0.2, -0.15) is 0 Å². The van der Waals surface area contributed by atoms with Crippen molar-refractivity contribution in [2.45, 2.75) is 281 Å².